The minimum atomic E-state index is -3.78. The molecule has 140 valence electrons. The smallest absolute Gasteiger partial charge is 0.225 e. The highest BCUT2D eigenvalue weighted by Gasteiger charge is 2.18. The lowest BCUT2D eigenvalue weighted by atomic mass is 9.86. The second-order valence-corrected chi connectivity index (χ2v) is 8.28. The highest BCUT2D eigenvalue weighted by molar-refractivity contribution is 7.89. The summed E-state index contributed by atoms with van der Waals surface area (Å²) in [5.74, 6) is 0.272. The fourth-order valence-corrected chi connectivity index (χ4v) is 4.23. The van der Waals surface area contributed by atoms with Crippen LogP contribution in [0.5, 0.6) is 0 Å². The molecule has 0 heterocycles. The zero-order chi connectivity index (χ0) is 19.2. The number of rotatable bonds is 9. The molecule has 0 aliphatic carbocycles. The minimum absolute atomic E-state index is 0.165. The lowest BCUT2D eigenvalue weighted by Crippen LogP contribution is -2.13. The van der Waals surface area contributed by atoms with Gasteiger partial charge < -0.3 is 0 Å². The molecule has 0 aromatic heterocycles. The van der Waals surface area contributed by atoms with Gasteiger partial charge in [0.05, 0.1) is 4.90 Å². The maximum Gasteiger partial charge on any atom is 0.238 e. The molecule has 0 spiro atoms. The van der Waals surface area contributed by atoms with Gasteiger partial charge in [-0.2, -0.15) is 0 Å². The van der Waals surface area contributed by atoms with Crippen LogP contribution in [0.25, 0.3) is 11.1 Å². The molecule has 3 nitrogen and oxygen atoms in total. The molecule has 0 saturated heterocycles. The van der Waals surface area contributed by atoms with Crippen molar-refractivity contribution in [2.45, 2.75) is 56.8 Å². The van der Waals surface area contributed by atoms with E-state index >= 15 is 0 Å². The second kappa shape index (κ2) is 9.15. The highest BCUT2D eigenvalue weighted by Crippen LogP contribution is 2.35. The quantitative estimate of drug-likeness (QED) is 0.464. The van der Waals surface area contributed by atoms with Crippen LogP contribution in [-0.4, -0.2) is 8.42 Å². The SMILES string of the molecule is C=CC(CCCCCC)c1cccc(-c2ccccc2S(N)(=O)=O)c1C. The van der Waals surface area contributed by atoms with E-state index in [1.165, 1.54) is 31.2 Å². The molecule has 1 atom stereocenters. The van der Waals surface area contributed by atoms with Gasteiger partial charge >= 0.3 is 0 Å². The van der Waals surface area contributed by atoms with Crippen molar-refractivity contribution in [2.75, 3.05) is 0 Å². The van der Waals surface area contributed by atoms with Gasteiger partial charge in [-0.3, -0.25) is 0 Å². The third-order valence-electron chi connectivity index (χ3n) is 4.91. The molecule has 26 heavy (non-hydrogen) atoms. The van der Waals surface area contributed by atoms with E-state index in [0.717, 1.165) is 17.5 Å². The first-order valence-electron chi connectivity index (χ1n) is 9.24. The first-order valence-corrected chi connectivity index (χ1v) is 10.8. The second-order valence-electron chi connectivity index (χ2n) is 6.75. The van der Waals surface area contributed by atoms with Crippen molar-refractivity contribution in [2.24, 2.45) is 5.14 Å². The van der Waals surface area contributed by atoms with Gasteiger partial charge in [0.15, 0.2) is 0 Å². The van der Waals surface area contributed by atoms with E-state index < -0.39 is 10.0 Å². The lowest BCUT2D eigenvalue weighted by Gasteiger charge is -2.19. The maximum atomic E-state index is 12.0. The Hall–Kier alpha value is -1.91. The van der Waals surface area contributed by atoms with Crippen LogP contribution in [0, 0.1) is 6.92 Å². The van der Waals surface area contributed by atoms with Gasteiger partial charge in [-0.15, -0.1) is 6.58 Å². The van der Waals surface area contributed by atoms with Crippen LogP contribution in [0.4, 0.5) is 0 Å². The van der Waals surface area contributed by atoms with E-state index in [4.69, 9.17) is 5.14 Å². The Bertz CT molecular complexity index is 856. The summed E-state index contributed by atoms with van der Waals surface area (Å²) in [6.45, 7) is 8.28. The molecule has 0 radical (unpaired) electrons. The first-order chi connectivity index (χ1) is 12.4. The normalized spacial score (nSPS) is 12.7. The van der Waals surface area contributed by atoms with Gasteiger partial charge in [0.25, 0.3) is 0 Å². The van der Waals surface area contributed by atoms with E-state index in [-0.39, 0.29) is 10.8 Å². The Morgan fingerprint density at radius 2 is 1.73 bits per heavy atom. The molecule has 1 unspecified atom stereocenters. The highest BCUT2D eigenvalue weighted by atomic mass is 32.2. The summed E-state index contributed by atoms with van der Waals surface area (Å²) >= 11 is 0. The number of nitrogens with two attached hydrogens (primary N) is 1. The van der Waals surface area contributed by atoms with E-state index in [0.29, 0.717) is 5.56 Å². The van der Waals surface area contributed by atoms with Crippen molar-refractivity contribution in [3.05, 3.63) is 66.2 Å². The predicted octanol–water partition coefficient (Wildman–Crippen LogP) is 5.55. The summed E-state index contributed by atoms with van der Waals surface area (Å²) in [7, 11) is -3.78. The van der Waals surface area contributed by atoms with Gasteiger partial charge in [-0.05, 0) is 36.1 Å². The van der Waals surface area contributed by atoms with Crippen molar-refractivity contribution < 1.29 is 8.42 Å². The standard InChI is InChI=1S/C22H29NO2S/c1-4-6-7-8-12-18(5-2)19-14-11-15-20(17(19)3)21-13-9-10-16-22(21)26(23,24)25/h5,9-11,13-16,18H,2,4,6-8,12H2,1,3H3,(H2,23,24,25). The van der Waals surface area contributed by atoms with Crippen LogP contribution in [0.1, 0.15) is 56.1 Å². The van der Waals surface area contributed by atoms with E-state index in [1.807, 2.05) is 37.3 Å². The summed E-state index contributed by atoms with van der Waals surface area (Å²) in [6.07, 6.45) is 7.94. The Balaban J connectivity index is 2.43. The summed E-state index contributed by atoms with van der Waals surface area (Å²) in [4.78, 5) is 0.165. The molecule has 0 aliphatic heterocycles. The van der Waals surface area contributed by atoms with Crippen LogP contribution >= 0.6 is 0 Å². The summed E-state index contributed by atoms with van der Waals surface area (Å²) < 4.78 is 24.0. The number of sulfonamides is 1. The van der Waals surface area contributed by atoms with E-state index in [2.05, 4.69) is 19.6 Å². The average molecular weight is 372 g/mol. The molecule has 0 saturated carbocycles. The van der Waals surface area contributed by atoms with Crippen molar-refractivity contribution in [1.82, 2.24) is 0 Å². The van der Waals surface area contributed by atoms with Gasteiger partial charge in [0, 0.05) is 11.5 Å². The number of benzene rings is 2. The van der Waals surface area contributed by atoms with Gasteiger partial charge in [-0.25, -0.2) is 13.6 Å². The van der Waals surface area contributed by atoms with Crippen molar-refractivity contribution in [3.8, 4) is 11.1 Å². The number of unbranched alkanes of at least 4 members (excludes halogenated alkanes) is 3. The Morgan fingerprint density at radius 1 is 1.04 bits per heavy atom. The van der Waals surface area contributed by atoms with Crippen molar-refractivity contribution in [1.29, 1.82) is 0 Å². The zero-order valence-electron chi connectivity index (χ0n) is 15.7. The molecule has 2 aromatic carbocycles. The molecule has 0 bridgehead atoms. The largest absolute Gasteiger partial charge is 0.238 e. The molecule has 0 fully saturated rings. The minimum Gasteiger partial charge on any atom is -0.225 e. The van der Waals surface area contributed by atoms with E-state index in [1.54, 1.807) is 12.1 Å². The van der Waals surface area contributed by atoms with Crippen LogP contribution in [-0.2, 0) is 10.0 Å². The third-order valence-corrected chi connectivity index (χ3v) is 5.88. The lowest BCUT2D eigenvalue weighted by molar-refractivity contribution is 0.598. The molecular weight excluding hydrogens is 342 g/mol. The Labute approximate surface area is 158 Å². The third kappa shape index (κ3) is 4.83. The van der Waals surface area contributed by atoms with Gasteiger partial charge in [-0.1, -0.05) is 75.1 Å². The Morgan fingerprint density at radius 3 is 2.38 bits per heavy atom. The number of hydrogen-bond acceptors (Lipinski definition) is 2. The number of primary sulfonamides is 1. The molecule has 2 N–H and O–H groups in total. The van der Waals surface area contributed by atoms with Gasteiger partial charge in [0.1, 0.15) is 0 Å². The van der Waals surface area contributed by atoms with Crippen LogP contribution in [0.3, 0.4) is 0 Å². The monoisotopic (exact) mass is 371 g/mol. The number of hydrogen-bond donors (Lipinski definition) is 1. The maximum absolute atomic E-state index is 12.0. The summed E-state index contributed by atoms with van der Waals surface area (Å²) in [5, 5.41) is 5.42. The summed E-state index contributed by atoms with van der Waals surface area (Å²) in [5.41, 5.74) is 3.86. The number of allylic oxidation sites excluding steroid dienone is 1. The molecule has 0 aliphatic rings. The van der Waals surface area contributed by atoms with Crippen LogP contribution in [0.15, 0.2) is 60.0 Å². The van der Waals surface area contributed by atoms with Crippen molar-refractivity contribution in [3.63, 3.8) is 0 Å². The van der Waals surface area contributed by atoms with E-state index in [9.17, 15) is 8.42 Å². The molecule has 4 heteroatoms. The molecular formula is C22H29NO2S. The predicted molar refractivity (Wildman–Crippen MR) is 110 cm³/mol. The van der Waals surface area contributed by atoms with Crippen LogP contribution in [0.2, 0.25) is 0 Å². The van der Waals surface area contributed by atoms with Gasteiger partial charge in [0.2, 0.25) is 10.0 Å². The molecule has 2 rings (SSSR count). The summed E-state index contributed by atoms with van der Waals surface area (Å²) in [6, 6.07) is 13.0. The molecule has 0 amide bonds. The fraction of sp³-hybridized carbons (Fsp3) is 0.364. The van der Waals surface area contributed by atoms with Crippen LogP contribution < -0.4 is 5.14 Å². The first kappa shape index (κ1) is 20.4. The fourth-order valence-electron chi connectivity index (χ4n) is 3.48. The molecule has 2 aromatic rings. The zero-order valence-corrected chi connectivity index (χ0v) is 16.6. The average Bonchev–Trinajstić information content (AvgIpc) is 2.62. The Kier molecular flexibility index (Phi) is 7.18. The van der Waals surface area contributed by atoms with Crippen molar-refractivity contribution >= 4 is 10.0 Å². The topological polar surface area (TPSA) is 60.2 Å².